The molecule has 1 N–H and O–H groups in total. The topological polar surface area (TPSA) is 94.1 Å². The van der Waals surface area contributed by atoms with Crippen molar-refractivity contribution in [3.8, 4) is 23.0 Å². The molecule has 2 atom stereocenters. The molecule has 0 bridgehead atoms. The molecule has 0 spiro atoms. The van der Waals surface area contributed by atoms with Gasteiger partial charge in [-0.25, -0.2) is 0 Å². The van der Waals surface area contributed by atoms with Crippen LogP contribution in [0.4, 0.5) is 0 Å². The van der Waals surface area contributed by atoms with E-state index < -0.39 is 0 Å². The lowest BCUT2D eigenvalue weighted by Crippen LogP contribution is -2.45. The minimum absolute atomic E-state index is 0.216. The first-order valence-electron chi connectivity index (χ1n) is 24.3. The summed E-state index contributed by atoms with van der Waals surface area (Å²) in [7, 11) is 0. The summed E-state index contributed by atoms with van der Waals surface area (Å²) in [6.07, 6.45) is 20.8. The van der Waals surface area contributed by atoms with Crippen molar-refractivity contribution in [3.05, 3.63) is 81.5 Å². The predicted octanol–water partition coefficient (Wildman–Crippen LogP) is 12.2. The number of rotatable bonds is 33. The Kier molecular flexibility index (Phi) is 24.3. The van der Waals surface area contributed by atoms with E-state index in [9.17, 15) is 5.11 Å². The average molecular weight is 877 g/mol. The van der Waals surface area contributed by atoms with Gasteiger partial charge in [0.1, 0.15) is 41.8 Å². The number of benzene rings is 2. The Balaban J connectivity index is 1.05. The van der Waals surface area contributed by atoms with Gasteiger partial charge in [0, 0.05) is 23.0 Å². The van der Waals surface area contributed by atoms with Gasteiger partial charge >= 0.3 is 0 Å². The standard InChI is InChI=1S/C54H84O9/c1-9-11-13-18-44-37-49(55)46(22-20-42(5)17-15-16-41(3)4)50(38-44)61-34-32-59-30-28-57-26-24-56-25-27-58-29-31-60-33-35-62-51-39-45(19-14-12-10-2)40-52-53(51)47-36-43(6)21-23-48(47)54(7,8)63-52/h16,20,36-40,47-48,55H,9-15,17-19,21-35H2,1-8H3/b42-20+/t47-,48-/m1/s1. The van der Waals surface area contributed by atoms with Crippen LogP contribution >= 0.6 is 0 Å². The smallest absolute Gasteiger partial charge is 0.127 e. The van der Waals surface area contributed by atoms with Gasteiger partial charge < -0.3 is 43.0 Å². The highest BCUT2D eigenvalue weighted by Crippen LogP contribution is 2.53. The maximum absolute atomic E-state index is 11.0. The van der Waals surface area contributed by atoms with Gasteiger partial charge in [0.05, 0.1) is 66.1 Å². The van der Waals surface area contributed by atoms with E-state index in [1.54, 1.807) is 0 Å². The van der Waals surface area contributed by atoms with Crippen molar-refractivity contribution in [1.29, 1.82) is 0 Å². The maximum atomic E-state index is 11.0. The first-order chi connectivity index (χ1) is 30.5. The first kappa shape index (κ1) is 52.3. The summed E-state index contributed by atoms with van der Waals surface area (Å²) in [5.74, 6) is 3.71. The van der Waals surface area contributed by atoms with Crippen LogP contribution in [0.2, 0.25) is 0 Å². The quantitative estimate of drug-likeness (QED) is 0.0556. The molecule has 0 saturated carbocycles. The second-order valence-corrected chi connectivity index (χ2v) is 18.2. The van der Waals surface area contributed by atoms with Gasteiger partial charge in [-0.1, -0.05) is 74.5 Å². The monoisotopic (exact) mass is 877 g/mol. The molecule has 2 aromatic carbocycles. The van der Waals surface area contributed by atoms with Gasteiger partial charge in [0.15, 0.2) is 0 Å². The van der Waals surface area contributed by atoms with Crippen molar-refractivity contribution >= 4 is 0 Å². The Hall–Kier alpha value is -3.34. The molecule has 1 aliphatic heterocycles. The third-order valence-electron chi connectivity index (χ3n) is 12.1. The molecule has 2 aliphatic rings. The lowest BCUT2D eigenvalue weighted by Gasteiger charge is -2.46. The molecule has 9 heteroatoms. The molecule has 0 radical (unpaired) electrons. The predicted molar refractivity (Wildman–Crippen MR) is 256 cm³/mol. The molecule has 1 aliphatic carbocycles. The van der Waals surface area contributed by atoms with E-state index in [4.69, 9.17) is 37.9 Å². The second-order valence-electron chi connectivity index (χ2n) is 18.2. The van der Waals surface area contributed by atoms with E-state index >= 15 is 0 Å². The number of hydrogen-bond donors (Lipinski definition) is 1. The SMILES string of the molecule is CCCCCc1cc(O)c(C/C=C(\C)CCC=C(C)C)c(OCCOCCOCCOCCOCCOCCOc2cc(CCCCC)cc3c2[C@@H]2C=C(C)CC[C@H]2C(C)(C)O3)c1. The van der Waals surface area contributed by atoms with Crippen LogP contribution in [0.15, 0.2) is 59.2 Å². The highest BCUT2D eigenvalue weighted by molar-refractivity contribution is 5.55. The Morgan fingerprint density at radius 3 is 1.78 bits per heavy atom. The third kappa shape index (κ3) is 19.0. The van der Waals surface area contributed by atoms with Crippen LogP contribution in [0.3, 0.4) is 0 Å². The number of phenols is 1. The van der Waals surface area contributed by atoms with E-state index in [1.807, 2.05) is 6.07 Å². The van der Waals surface area contributed by atoms with Gasteiger partial charge in [-0.05, 0) is 135 Å². The van der Waals surface area contributed by atoms with Gasteiger partial charge in [0.2, 0.25) is 0 Å². The molecular weight excluding hydrogens is 793 g/mol. The van der Waals surface area contributed by atoms with E-state index in [1.165, 1.54) is 53.5 Å². The average Bonchev–Trinajstić information content (AvgIpc) is 3.23. The maximum Gasteiger partial charge on any atom is 0.127 e. The van der Waals surface area contributed by atoms with E-state index in [0.29, 0.717) is 103 Å². The molecule has 1 heterocycles. The molecule has 0 aromatic heterocycles. The van der Waals surface area contributed by atoms with Crippen molar-refractivity contribution in [1.82, 2.24) is 0 Å². The van der Waals surface area contributed by atoms with Gasteiger partial charge in [-0.3, -0.25) is 0 Å². The summed E-state index contributed by atoms with van der Waals surface area (Å²) >= 11 is 0. The summed E-state index contributed by atoms with van der Waals surface area (Å²) in [5.41, 5.74) is 8.31. The summed E-state index contributed by atoms with van der Waals surface area (Å²) < 4.78 is 48.1. The highest BCUT2D eigenvalue weighted by atomic mass is 16.6. The molecule has 63 heavy (non-hydrogen) atoms. The third-order valence-corrected chi connectivity index (χ3v) is 12.1. The zero-order valence-electron chi connectivity index (χ0n) is 40.6. The van der Waals surface area contributed by atoms with E-state index in [2.05, 4.69) is 91.8 Å². The molecule has 0 fully saturated rings. The zero-order chi connectivity index (χ0) is 45.3. The van der Waals surface area contributed by atoms with Crippen LogP contribution < -0.4 is 14.2 Å². The second kappa shape index (κ2) is 29.2. The van der Waals surface area contributed by atoms with E-state index in [-0.39, 0.29) is 5.60 Å². The van der Waals surface area contributed by atoms with Crippen LogP contribution in [0.1, 0.15) is 148 Å². The molecular formula is C54H84O9. The lowest BCUT2D eigenvalue weighted by atomic mass is 9.68. The highest BCUT2D eigenvalue weighted by Gasteiger charge is 2.45. The Morgan fingerprint density at radius 1 is 0.698 bits per heavy atom. The number of ether oxygens (including phenoxy) is 8. The number of unbranched alkanes of at least 4 members (excludes halogenated alkanes) is 4. The van der Waals surface area contributed by atoms with Crippen molar-refractivity contribution in [2.45, 2.75) is 150 Å². The fourth-order valence-electron chi connectivity index (χ4n) is 8.52. The molecule has 0 unspecified atom stereocenters. The van der Waals surface area contributed by atoms with Gasteiger partial charge in [-0.15, -0.1) is 0 Å². The van der Waals surface area contributed by atoms with Crippen molar-refractivity contribution in [2.75, 3.05) is 79.3 Å². The van der Waals surface area contributed by atoms with Crippen LogP contribution in [0, 0.1) is 5.92 Å². The van der Waals surface area contributed by atoms with Gasteiger partial charge in [-0.2, -0.15) is 0 Å². The van der Waals surface area contributed by atoms with Crippen molar-refractivity contribution in [2.24, 2.45) is 5.92 Å². The minimum atomic E-state index is -0.216. The van der Waals surface area contributed by atoms with E-state index in [0.717, 1.165) is 79.7 Å². The lowest BCUT2D eigenvalue weighted by molar-refractivity contribution is -0.0143. The largest absolute Gasteiger partial charge is 0.508 e. The van der Waals surface area contributed by atoms with Crippen LogP contribution in [0.25, 0.3) is 0 Å². The number of aromatic hydroxyl groups is 1. The fourth-order valence-corrected chi connectivity index (χ4v) is 8.52. The summed E-state index contributed by atoms with van der Waals surface area (Å²) in [5, 5.41) is 11.0. The van der Waals surface area contributed by atoms with Crippen LogP contribution in [-0.2, 0) is 42.9 Å². The van der Waals surface area contributed by atoms with Crippen LogP contribution in [0.5, 0.6) is 23.0 Å². The Bertz CT molecular complexity index is 1710. The molecule has 4 rings (SSSR count). The van der Waals surface area contributed by atoms with Crippen molar-refractivity contribution < 1.29 is 43.0 Å². The fraction of sp³-hybridized carbons (Fsp3) is 0.667. The molecule has 0 saturated heterocycles. The van der Waals surface area contributed by atoms with Crippen molar-refractivity contribution in [3.63, 3.8) is 0 Å². The number of aryl methyl sites for hydroxylation is 2. The summed E-state index contributed by atoms with van der Waals surface area (Å²) in [4.78, 5) is 0. The summed E-state index contributed by atoms with van der Waals surface area (Å²) in [6, 6.07) is 8.51. The van der Waals surface area contributed by atoms with Crippen LogP contribution in [-0.4, -0.2) is 90.0 Å². The number of fused-ring (bicyclic) bond motifs is 3. The number of phenolic OH excluding ortho intramolecular Hbond substituents is 1. The normalized spacial score (nSPS) is 16.8. The molecule has 0 amide bonds. The Labute approximate surface area is 381 Å². The van der Waals surface area contributed by atoms with Gasteiger partial charge in [0.25, 0.3) is 0 Å². The Morgan fingerprint density at radius 2 is 1.22 bits per heavy atom. The summed E-state index contributed by atoms with van der Waals surface area (Å²) in [6.45, 7) is 23.3. The minimum Gasteiger partial charge on any atom is -0.508 e. The molecule has 354 valence electrons. The first-order valence-corrected chi connectivity index (χ1v) is 24.3. The number of hydrogen-bond acceptors (Lipinski definition) is 9. The molecule has 2 aromatic rings. The zero-order valence-corrected chi connectivity index (χ0v) is 40.6. The molecule has 9 nitrogen and oxygen atoms in total. The number of allylic oxidation sites excluding steroid dienone is 6.